The Hall–Kier alpha value is -1.91. The highest BCUT2D eigenvalue weighted by Gasteiger charge is 2.15. The molecule has 0 heterocycles. The van der Waals surface area contributed by atoms with Gasteiger partial charge in [-0.05, 0) is 25.5 Å². The molecule has 0 bridgehead atoms. The summed E-state index contributed by atoms with van der Waals surface area (Å²) in [4.78, 5) is 10.1. The first-order valence-electron chi connectivity index (χ1n) is 4.86. The van der Waals surface area contributed by atoms with Gasteiger partial charge in [0.15, 0.2) is 0 Å². The molecule has 4 nitrogen and oxygen atoms in total. The van der Waals surface area contributed by atoms with Gasteiger partial charge in [-0.1, -0.05) is 6.08 Å². The van der Waals surface area contributed by atoms with E-state index in [1.165, 1.54) is 12.1 Å². The summed E-state index contributed by atoms with van der Waals surface area (Å²) in [6, 6.07) is 3.48. The Kier molecular flexibility index (Phi) is 3.99. The molecule has 0 aliphatic heterocycles. The number of rotatable bonds is 5. The average molecular weight is 224 g/mol. The van der Waals surface area contributed by atoms with Gasteiger partial charge in [-0.15, -0.1) is 6.58 Å². The molecule has 0 saturated heterocycles. The fourth-order valence-electron chi connectivity index (χ4n) is 1.35. The summed E-state index contributed by atoms with van der Waals surface area (Å²) in [6.07, 6.45) is 2.39. The van der Waals surface area contributed by atoms with Gasteiger partial charge < -0.3 is 5.32 Å². The van der Waals surface area contributed by atoms with Crippen molar-refractivity contribution in [1.82, 2.24) is 0 Å². The summed E-state index contributed by atoms with van der Waals surface area (Å²) >= 11 is 0. The molecule has 1 aromatic rings. The fourth-order valence-corrected chi connectivity index (χ4v) is 1.35. The lowest BCUT2D eigenvalue weighted by Crippen LogP contribution is -2.14. The van der Waals surface area contributed by atoms with E-state index in [1.807, 2.05) is 6.92 Å². The van der Waals surface area contributed by atoms with Crippen molar-refractivity contribution in [2.45, 2.75) is 19.4 Å². The molecule has 0 aromatic heterocycles. The predicted molar refractivity (Wildman–Crippen MR) is 61.0 cm³/mol. The van der Waals surface area contributed by atoms with Crippen LogP contribution in [0, 0.1) is 15.9 Å². The van der Waals surface area contributed by atoms with Gasteiger partial charge >= 0.3 is 0 Å². The molecule has 1 aromatic carbocycles. The maximum atomic E-state index is 12.8. The number of nitro benzene ring substituents is 1. The smallest absolute Gasteiger partial charge is 0.295 e. The first-order chi connectivity index (χ1) is 7.54. The van der Waals surface area contributed by atoms with E-state index in [0.717, 1.165) is 6.07 Å². The van der Waals surface area contributed by atoms with Crippen molar-refractivity contribution in [3.8, 4) is 0 Å². The number of hydrogen-bond donors (Lipinski definition) is 1. The molecule has 1 rings (SSSR count). The second-order valence-corrected chi connectivity index (χ2v) is 3.49. The van der Waals surface area contributed by atoms with Crippen molar-refractivity contribution in [2.75, 3.05) is 5.32 Å². The first kappa shape index (κ1) is 12.2. The number of hydrogen-bond acceptors (Lipinski definition) is 3. The quantitative estimate of drug-likeness (QED) is 0.475. The zero-order valence-corrected chi connectivity index (χ0v) is 8.94. The van der Waals surface area contributed by atoms with Crippen molar-refractivity contribution >= 4 is 11.4 Å². The van der Waals surface area contributed by atoms with Gasteiger partial charge in [-0.2, -0.15) is 0 Å². The van der Waals surface area contributed by atoms with Crippen LogP contribution in [0.15, 0.2) is 30.9 Å². The lowest BCUT2D eigenvalue weighted by molar-refractivity contribution is -0.384. The zero-order chi connectivity index (χ0) is 12.1. The Balaban J connectivity index is 2.94. The average Bonchev–Trinajstić information content (AvgIpc) is 2.20. The maximum Gasteiger partial charge on any atom is 0.295 e. The molecule has 0 aliphatic rings. The molecule has 0 radical (unpaired) electrons. The second-order valence-electron chi connectivity index (χ2n) is 3.49. The molecule has 0 aliphatic carbocycles. The minimum absolute atomic E-state index is 0.0154. The van der Waals surface area contributed by atoms with E-state index in [-0.39, 0.29) is 11.7 Å². The molecule has 0 saturated carbocycles. The second kappa shape index (κ2) is 5.25. The van der Waals surface area contributed by atoms with Crippen LogP contribution in [0.25, 0.3) is 0 Å². The summed E-state index contributed by atoms with van der Waals surface area (Å²) in [7, 11) is 0. The van der Waals surface area contributed by atoms with Crippen molar-refractivity contribution in [1.29, 1.82) is 0 Å². The molecule has 86 valence electrons. The van der Waals surface area contributed by atoms with E-state index in [2.05, 4.69) is 11.9 Å². The van der Waals surface area contributed by atoms with Gasteiger partial charge in [-0.3, -0.25) is 10.1 Å². The standard InChI is InChI=1S/C11H13FN2O2/c1-3-4-8(2)13-10-6-5-9(12)7-11(10)14(15)16/h3,5-8,13H,1,4H2,2H3. The summed E-state index contributed by atoms with van der Waals surface area (Å²) in [5, 5.41) is 13.6. The Bertz CT molecular complexity index is 407. The third kappa shape index (κ3) is 3.05. The van der Waals surface area contributed by atoms with E-state index < -0.39 is 10.7 Å². The van der Waals surface area contributed by atoms with Crippen LogP contribution < -0.4 is 5.32 Å². The molecule has 0 fully saturated rings. The van der Waals surface area contributed by atoms with E-state index in [4.69, 9.17) is 0 Å². The number of anilines is 1. The van der Waals surface area contributed by atoms with Gasteiger partial charge in [0.1, 0.15) is 11.5 Å². The minimum atomic E-state index is -0.617. The zero-order valence-electron chi connectivity index (χ0n) is 8.94. The van der Waals surface area contributed by atoms with Crippen LogP contribution in [0.5, 0.6) is 0 Å². The lowest BCUT2D eigenvalue weighted by atomic mass is 10.2. The topological polar surface area (TPSA) is 55.2 Å². The third-order valence-corrected chi connectivity index (χ3v) is 2.08. The van der Waals surface area contributed by atoms with Crippen LogP contribution in [0.2, 0.25) is 0 Å². The van der Waals surface area contributed by atoms with E-state index >= 15 is 0 Å². The van der Waals surface area contributed by atoms with Crippen LogP contribution in [-0.4, -0.2) is 11.0 Å². The number of halogens is 1. The summed E-state index contributed by atoms with van der Waals surface area (Å²) in [5.74, 6) is -0.617. The highest BCUT2D eigenvalue weighted by molar-refractivity contribution is 5.61. The Morgan fingerprint density at radius 1 is 1.69 bits per heavy atom. The Morgan fingerprint density at radius 2 is 2.38 bits per heavy atom. The molecule has 1 N–H and O–H groups in total. The molecule has 1 atom stereocenters. The summed E-state index contributed by atoms with van der Waals surface area (Å²) < 4.78 is 12.8. The number of nitro groups is 1. The molecule has 0 spiro atoms. The molecular formula is C11H13FN2O2. The van der Waals surface area contributed by atoms with Crippen molar-refractivity contribution in [2.24, 2.45) is 0 Å². The lowest BCUT2D eigenvalue weighted by Gasteiger charge is -2.13. The van der Waals surface area contributed by atoms with E-state index in [1.54, 1.807) is 6.08 Å². The van der Waals surface area contributed by atoms with Crippen LogP contribution in [0.1, 0.15) is 13.3 Å². The van der Waals surface area contributed by atoms with Crippen molar-refractivity contribution < 1.29 is 9.31 Å². The largest absolute Gasteiger partial charge is 0.377 e. The van der Waals surface area contributed by atoms with Gasteiger partial charge in [0.2, 0.25) is 0 Å². The SMILES string of the molecule is C=CCC(C)Nc1ccc(F)cc1[N+](=O)[O-]. The minimum Gasteiger partial charge on any atom is -0.377 e. The van der Waals surface area contributed by atoms with Gasteiger partial charge in [0.05, 0.1) is 11.0 Å². The van der Waals surface area contributed by atoms with Gasteiger partial charge in [0, 0.05) is 6.04 Å². The molecule has 0 amide bonds. The maximum absolute atomic E-state index is 12.8. The molecule has 1 unspecified atom stereocenters. The number of nitrogens with one attached hydrogen (secondary N) is 1. The normalized spacial score (nSPS) is 11.9. The molecule has 16 heavy (non-hydrogen) atoms. The first-order valence-corrected chi connectivity index (χ1v) is 4.86. The van der Waals surface area contributed by atoms with Gasteiger partial charge in [-0.25, -0.2) is 4.39 Å². The number of benzene rings is 1. The molecular weight excluding hydrogens is 211 g/mol. The molecule has 5 heteroatoms. The van der Waals surface area contributed by atoms with Crippen LogP contribution >= 0.6 is 0 Å². The predicted octanol–water partition coefficient (Wildman–Crippen LogP) is 3.11. The monoisotopic (exact) mass is 224 g/mol. The van der Waals surface area contributed by atoms with Crippen molar-refractivity contribution in [3.05, 3.63) is 46.8 Å². The van der Waals surface area contributed by atoms with E-state index in [0.29, 0.717) is 12.1 Å². The summed E-state index contributed by atoms with van der Waals surface area (Å²) in [5.41, 5.74) is 0.0664. The highest BCUT2D eigenvalue weighted by atomic mass is 19.1. The Labute approximate surface area is 92.9 Å². The van der Waals surface area contributed by atoms with Gasteiger partial charge in [0.25, 0.3) is 5.69 Å². The van der Waals surface area contributed by atoms with Crippen molar-refractivity contribution in [3.63, 3.8) is 0 Å². The van der Waals surface area contributed by atoms with Crippen LogP contribution in [0.4, 0.5) is 15.8 Å². The highest BCUT2D eigenvalue weighted by Crippen LogP contribution is 2.25. The van der Waals surface area contributed by atoms with E-state index in [9.17, 15) is 14.5 Å². The third-order valence-electron chi connectivity index (χ3n) is 2.08. The summed E-state index contributed by atoms with van der Waals surface area (Å²) in [6.45, 7) is 5.45. The number of nitrogens with zero attached hydrogens (tertiary/aromatic N) is 1. The van der Waals surface area contributed by atoms with Crippen LogP contribution in [0.3, 0.4) is 0 Å². The Morgan fingerprint density at radius 3 is 2.94 bits per heavy atom. The fraction of sp³-hybridized carbons (Fsp3) is 0.273. The van der Waals surface area contributed by atoms with Crippen LogP contribution in [-0.2, 0) is 0 Å².